The Balaban J connectivity index is 1.63. The first-order valence-corrected chi connectivity index (χ1v) is 14.4. The number of aliphatic hydroxyl groups is 1. The van der Waals surface area contributed by atoms with E-state index in [4.69, 9.17) is 9.15 Å². The number of benzene rings is 2. The van der Waals surface area contributed by atoms with Crippen LogP contribution >= 0.6 is 0 Å². The Hall–Kier alpha value is -4.44. The third kappa shape index (κ3) is 5.54. The summed E-state index contributed by atoms with van der Waals surface area (Å²) in [5, 5.41) is 11.4. The second-order valence-electron chi connectivity index (χ2n) is 13.1. The number of rotatable bonds is 4. The number of aliphatic hydroxyl groups excluding tert-OH is 1. The molecule has 3 aromatic rings. The van der Waals surface area contributed by atoms with Gasteiger partial charge in [-0.05, 0) is 81.2 Å². The highest BCUT2D eigenvalue weighted by atomic mass is 16.5. The van der Waals surface area contributed by atoms with Crippen molar-refractivity contribution >= 4 is 17.1 Å². The average Bonchev–Trinajstić information content (AvgIpc) is 2.96. The Kier molecular flexibility index (Phi) is 7.44. The van der Waals surface area contributed by atoms with Crippen LogP contribution in [-0.4, -0.2) is 10.9 Å². The van der Waals surface area contributed by atoms with Crippen LogP contribution in [0.5, 0.6) is 0 Å². The molecular formula is C38H39O4+. The topological polar surface area (TPSA) is 57.8 Å². The van der Waals surface area contributed by atoms with E-state index >= 15 is 0 Å². The van der Waals surface area contributed by atoms with E-state index < -0.39 is 0 Å². The summed E-state index contributed by atoms with van der Waals surface area (Å²) < 4.78 is 12.6. The molecule has 2 heterocycles. The summed E-state index contributed by atoms with van der Waals surface area (Å²) in [7, 11) is 0. The summed E-state index contributed by atoms with van der Waals surface area (Å²) in [5.41, 5.74) is 5.21. The van der Waals surface area contributed by atoms with E-state index in [0.717, 1.165) is 44.9 Å². The van der Waals surface area contributed by atoms with Gasteiger partial charge in [0.1, 0.15) is 17.3 Å². The predicted molar refractivity (Wildman–Crippen MR) is 170 cm³/mol. The Morgan fingerprint density at radius 1 is 0.762 bits per heavy atom. The number of carbonyl (C=O) groups is 1. The van der Waals surface area contributed by atoms with E-state index in [9.17, 15) is 9.90 Å². The zero-order chi connectivity index (χ0) is 30.4. The van der Waals surface area contributed by atoms with Gasteiger partial charge < -0.3 is 9.84 Å². The van der Waals surface area contributed by atoms with Crippen LogP contribution in [0.4, 0.5) is 0 Å². The minimum atomic E-state index is -0.249. The Labute approximate surface area is 249 Å². The average molecular weight is 560 g/mol. The molecule has 1 N–H and O–H groups in total. The van der Waals surface area contributed by atoms with Crippen molar-refractivity contribution in [3.05, 3.63) is 136 Å². The van der Waals surface area contributed by atoms with Crippen LogP contribution in [0.2, 0.25) is 0 Å². The van der Waals surface area contributed by atoms with Crippen molar-refractivity contribution in [1.29, 1.82) is 0 Å². The maximum Gasteiger partial charge on any atom is 0.360 e. The molecule has 0 unspecified atom stereocenters. The van der Waals surface area contributed by atoms with Gasteiger partial charge in [0.25, 0.3) is 0 Å². The molecule has 5 rings (SSSR count). The summed E-state index contributed by atoms with van der Waals surface area (Å²) in [5.74, 6) is 2.89. The molecule has 1 aromatic heterocycles. The summed E-state index contributed by atoms with van der Waals surface area (Å²) in [6.45, 7) is 16.3. The third-order valence-electron chi connectivity index (χ3n) is 7.72. The molecule has 0 saturated heterocycles. The quantitative estimate of drug-likeness (QED) is 0.255. The summed E-state index contributed by atoms with van der Waals surface area (Å²) in [6.07, 6.45) is 3.92. The molecule has 0 amide bonds. The molecular weight excluding hydrogens is 520 g/mol. The first-order valence-electron chi connectivity index (χ1n) is 14.4. The second kappa shape index (κ2) is 10.8. The van der Waals surface area contributed by atoms with E-state index in [1.165, 1.54) is 0 Å². The molecule has 4 heteroatoms. The van der Waals surface area contributed by atoms with Gasteiger partial charge in [-0.25, -0.2) is 4.42 Å². The zero-order valence-corrected chi connectivity index (χ0v) is 25.8. The van der Waals surface area contributed by atoms with Gasteiger partial charge >= 0.3 is 11.5 Å². The molecule has 1 aliphatic heterocycles. The number of Topliss-reactive ketones (excluding diaryl/α,β-unsaturated/α-hetero) is 1. The summed E-state index contributed by atoms with van der Waals surface area (Å²) in [6, 6.07) is 23.8. The number of ether oxygens (including phenoxy) is 1. The molecule has 214 valence electrons. The van der Waals surface area contributed by atoms with Crippen molar-refractivity contribution < 1.29 is 19.1 Å². The molecule has 0 bridgehead atoms. The number of allylic oxidation sites excluding steroid dienone is 8. The van der Waals surface area contributed by atoms with Crippen LogP contribution in [0.3, 0.4) is 0 Å². The predicted octanol–water partition coefficient (Wildman–Crippen LogP) is 10.0. The smallest absolute Gasteiger partial charge is 0.360 e. The fraction of sp³-hybridized carbons (Fsp3) is 0.263. The van der Waals surface area contributed by atoms with E-state index in [0.29, 0.717) is 22.7 Å². The molecule has 0 fully saturated rings. The van der Waals surface area contributed by atoms with Gasteiger partial charge in [-0.3, -0.25) is 4.79 Å². The largest absolute Gasteiger partial charge is 0.506 e. The van der Waals surface area contributed by atoms with Crippen LogP contribution in [0.15, 0.2) is 123 Å². The number of carbonyl (C=O) groups excluding carboxylic acids is 1. The van der Waals surface area contributed by atoms with Crippen molar-refractivity contribution in [3.8, 4) is 11.3 Å². The minimum absolute atomic E-state index is 0.0220. The van der Waals surface area contributed by atoms with Crippen LogP contribution < -0.4 is 0 Å². The van der Waals surface area contributed by atoms with Crippen molar-refractivity contribution in [2.45, 2.75) is 60.8 Å². The molecule has 4 nitrogen and oxygen atoms in total. The zero-order valence-electron chi connectivity index (χ0n) is 25.8. The first-order chi connectivity index (χ1) is 19.8. The van der Waals surface area contributed by atoms with Crippen molar-refractivity contribution in [2.75, 3.05) is 0 Å². The van der Waals surface area contributed by atoms with Gasteiger partial charge in [-0.2, -0.15) is 0 Å². The standard InChI is InChI=1S/C38H38O4/c1-23(27-19-29(25-15-11-9-12-16-25)41-31(21-27)37(3,4)5)33-35(39)34(36(33)40)24(2)28-20-30(26-17-13-10-14-18-26)42-32(22-28)38(6,7)8/h9-22H,1-8H3/p+1. The SMILES string of the molecule is CC(=C1C=C(c2ccccc2)OC(C(C)(C)C)=C1)C1=C(O)C(=C(C)c2cc(-c3ccccc3)[o+]c(C(C)(C)C)c2)C1=O. The highest BCUT2D eigenvalue weighted by molar-refractivity contribution is 6.25. The lowest BCUT2D eigenvalue weighted by atomic mass is 9.78. The van der Waals surface area contributed by atoms with Gasteiger partial charge in [-0.15, -0.1) is 0 Å². The highest BCUT2D eigenvalue weighted by Crippen LogP contribution is 2.43. The van der Waals surface area contributed by atoms with Gasteiger partial charge in [0, 0.05) is 17.0 Å². The lowest BCUT2D eigenvalue weighted by Gasteiger charge is -2.29. The summed E-state index contributed by atoms with van der Waals surface area (Å²) in [4.78, 5) is 13.7. The van der Waals surface area contributed by atoms with Crippen molar-refractivity contribution in [1.82, 2.24) is 0 Å². The fourth-order valence-electron chi connectivity index (χ4n) is 5.05. The maximum atomic E-state index is 13.7. The number of hydrogen-bond donors (Lipinski definition) is 1. The molecule has 0 radical (unpaired) electrons. The number of hydrogen-bond acceptors (Lipinski definition) is 3. The molecule has 2 aromatic carbocycles. The maximum absolute atomic E-state index is 13.7. The van der Waals surface area contributed by atoms with Crippen LogP contribution in [-0.2, 0) is 14.9 Å². The van der Waals surface area contributed by atoms with Crippen LogP contribution in [0.1, 0.15) is 72.3 Å². The lowest BCUT2D eigenvalue weighted by Crippen LogP contribution is -2.25. The van der Waals surface area contributed by atoms with Crippen LogP contribution in [0.25, 0.3) is 22.7 Å². The normalized spacial score (nSPS) is 18.1. The van der Waals surface area contributed by atoms with E-state index in [2.05, 4.69) is 41.5 Å². The molecule has 42 heavy (non-hydrogen) atoms. The minimum Gasteiger partial charge on any atom is -0.506 e. The van der Waals surface area contributed by atoms with Crippen LogP contribution in [0, 0.1) is 5.41 Å². The van der Waals surface area contributed by atoms with Crippen molar-refractivity contribution in [2.24, 2.45) is 5.41 Å². The van der Waals surface area contributed by atoms with E-state index in [1.54, 1.807) is 0 Å². The van der Waals surface area contributed by atoms with Crippen molar-refractivity contribution in [3.63, 3.8) is 0 Å². The molecule has 0 atom stereocenters. The summed E-state index contributed by atoms with van der Waals surface area (Å²) >= 11 is 0. The highest BCUT2D eigenvalue weighted by Gasteiger charge is 2.39. The second-order valence-corrected chi connectivity index (χ2v) is 13.1. The first kappa shape index (κ1) is 29.1. The fourth-order valence-corrected chi connectivity index (χ4v) is 5.05. The molecule has 1 aliphatic carbocycles. The van der Waals surface area contributed by atoms with Gasteiger partial charge in [0.2, 0.25) is 5.78 Å². The monoisotopic (exact) mass is 559 g/mol. The van der Waals surface area contributed by atoms with E-state index in [-0.39, 0.29) is 22.4 Å². The Morgan fingerprint density at radius 2 is 1.36 bits per heavy atom. The van der Waals surface area contributed by atoms with Gasteiger partial charge in [0.15, 0.2) is 0 Å². The third-order valence-corrected chi connectivity index (χ3v) is 7.72. The molecule has 2 aliphatic rings. The lowest BCUT2D eigenvalue weighted by molar-refractivity contribution is -0.113. The molecule has 0 spiro atoms. The Morgan fingerprint density at radius 3 is 1.90 bits per heavy atom. The van der Waals surface area contributed by atoms with Gasteiger partial charge in [-0.1, -0.05) is 69.3 Å². The Bertz CT molecular complexity index is 1710. The molecule has 0 saturated carbocycles. The van der Waals surface area contributed by atoms with Gasteiger partial charge in [0.05, 0.1) is 28.2 Å². The van der Waals surface area contributed by atoms with E-state index in [1.807, 2.05) is 98.8 Å². The number of ketones is 1.